The van der Waals surface area contributed by atoms with Crippen molar-refractivity contribution >= 4 is 32.7 Å². The van der Waals surface area contributed by atoms with Crippen LogP contribution in [-0.2, 0) is 10.0 Å². The van der Waals surface area contributed by atoms with E-state index in [4.69, 9.17) is 16.3 Å². The molecule has 0 radical (unpaired) electrons. The molecule has 0 saturated heterocycles. The maximum Gasteiger partial charge on any atom is 0.288 e. The highest BCUT2D eigenvalue weighted by atomic mass is 35.5. The Morgan fingerprint density at radius 2 is 2.00 bits per heavy atom. The highest BCUT2D eigenvalue weighted by Gasteiger charge is 2.25. The van der Waals surface area contributed by atoms with E-state index in [1.165, 1.54) is 12.1 Å². The van der Waals surface area contributed by atoms with Gasteiger partial charge in [-0.15, -0.1) is 9.19 Å². The van der Waals surface area contributed by atoms with E-state index in [1.54, 1.807) is 31.2 Å². The minimum Gasteiger partial charge on any atom is -0.492 e. The molecule has 0 atom stereocenters. The number of aryl methyl sites for hydroxylation is 1. The number of ether oxygens (including phenoxy) is 1. The molecule has 3 aromatic rings. The Balaban J connectivity index is 2.23. The van der Waals surface area contributed by atoms with Crippen molar-refractivity contribution in [3.05, 3.63) is 47.0 Å². The Bertz CT molecular complexity index is 983. The standard InChI is InChI=1S/C15H14ClN3O3S/c1-3-22-14-7-5-11(16)9-15(14)23(20,21)19-13-6-4-10(2)8-12(13)17-18-19/h4-9H,3H2,1-2H3. The molecule has 8 heteroatoms. The van der Waals surface area contributed by atoms with Gasteiger partial charge in [0.15, 0.2) is 0 Å². The van der Waals surface area contributed by atoms with Gasteiger partial charge in [0.1, 0.15) is 21.7 Å². The molecule has 0 unspecified atom stereocenters. The van der Waals surface area contributed by atoms with Crippen molar-refractivity contribution in [3.8, 4) is 5.75 Å². The first kappa shape index (κ1) is 15.8. The fraction of sp³-hybridized carbons (Fsp3) is 0.200. The van der Waals surface area contributed by atoms with Crippen LogP contribution in [0.15, 0.2) is 41.3 Å². The lowest BCUT2D eigenvalue weighted by Crippen LogP contribution is -2.16. The van der Waals surface area contributed by atoms with Gasteiger partial charge in [-0.05, 0) is 49.7 Å². The number of halogens is 1. The van der Waals surface area contributed by atoms with Crippen molar-refractivity contribution in [2.45, 2.75) is 18.7 Å². The zero-order valence-corrected chi connectivity index (χ0v) is 14.1. The number of rotatable bonds is 4. The molecule has 0 N–H and O–H groups in total. The fourth-order valence-corrected chi connectivity index (χ4v) is 3.87. The first-order valence-electron chi connectivity index (χ1n) is 6.93. The van der Waals surface area contributed by atoms with E-state index in [0.717, 1.165) is 9.65 Å². The third-order valence-electron chi connectivity index (χ3n) is 3.28. The van der Waals surface area contributed by atoms with Crippen molar-refractivity contribution in [3.63, 3.8) is 0 Å². The third-order valence-corrected chi connectivity index (χ3v) is 5.12. The van der Waals surface area contributed by atoms with Crippen LogP contribution in [0.5, 0.6) is 5.75 Å². The highest BCUT2D eigenvalue weighted by Crippen LogP contribution is 2.30. The molecular formula is C15H14ClN3O3S. The molecule has 3 rings (SSSR count). The topological polar surface area (TPSA) is 74.1 Å². The average molecular weight is 352 g/mol. The largest absolute Gasteiger partial charge is 0.492 e. The average Bonchev–Trinajstić information content (AvgIpc) is 2.92. The molecular weight excluding hydrogens is 338 g/mol. The molecule has 0 bridgehead atoms. The number of hydrogen-bond donors (Lipinski definition) is 0. The lowest BCUT2D eigenvalue weighted by molar-refractivity contribution is 0.331. The Morgan fingerprint density at radius 3 is 2.74 bits per heavy atom. The summed E-state index contributed by atoms with van der Waals surface area (Å²) in [6, 6.07) is 9.71. The summed E-state index contributed by atoms with van der Waals surface area (Å²) < 4.78 is 32.2. The van der Waals surface area contributed by atoms with E-state index in [9.17, 15) is 8.42 Å². The predicted molar refractivity (Wildman–Crippen MR) is 87.5 cm³/mol. The van der Waals surface area contributed by atoms with Gasteiger partial charge < -0.3 is 4.74 Å². The molecule has 0 saturated carbocycles. The Hall–Kier alpha value is -2.12. The summed E-state index contributed by atoms with van der Waals surface area (Å²) in [5.41, 5.74) is 1.88. The molecule has 120 valence electrons. The second-order valence-corrected chi connectivity index (χ2v) is 7.13. The maximum absolute atomic E-state index is 13.0. The number of benzene rings is 2. The second kappa shape index (κ2) is 5.82. The van der Waals surface area contributed by atoms with Crippen LogP contribution >= 0.6 is 11.6 Å². The van der Waals surface area contributed by atoms with E-state index >= 15 is 0 Å². The van der Waals surface area contributed by atoms with Gasteiger partial charge in [0.05, 0.1) is 6.61 Å². The van der Waals surface area contributed by atoms with Crippen LogP contribution in [-0.4, -0.2) is 29.4 Å². The lowest BCUT2D eigenvalue weighted by atomic mass is 10.2. The van der Waals surface area contributed by atoms with E-state index in [1.807, 2.05) is 6.92 Å². The van der Waals surface area contributed by atoms with Gasteiger partial charge in [0, 0.05) is 5.02 Å². The van der Waals surface area contributed by atoms with Gasteiger partial charge in [-0.3, -0.25) is 0 Å². The summed E-state index contributed by atoms with van der Waals surface area (Å²) >= 11 is 5.96. The van der Waals surface area contributed by atoms with Crippen molar-refractivity contribution < 1.29 is 13.2 Å². The summed E-state index contributed by atoms with van der Waals surface area (Å²) in [5.74, 6) is 0.229. The van der Waals surface area contributed by atoms with Crippen LogP contribution in [0.4, 0.5) is 0 Å². The third kappa shape index (κ3) is 2.77. The molecule has 1 aromatic heterocycles. The van der Waals surface area contributed by atoms with E-state index < -0.39 is 10.0 Å². The molecule has 0 aliphatic rings. The zero-order valence-electron chi connectivity index (χ0n) is 12.5. The molecule has 23 heavy (non-hydrogen) atoms. The van der Waals surface area contributed by atoms with E-state index in [0.29, 0.717) is 22.7 Å². The SMILES string of the molecule is CCOc1ccc(Cl)cc1S(=O)(=O)n1nnc2cc(C)ccc21. The van der Waals surface area contributed by atoms with Crippen LogP contribution in [0.2, 0.25) is 5.02 Å². The minimum atomic E-state index is -3.98. The summed E-state index contributed by atoms with van der Waals surface area (Å²) in [6.07, 6.45) is 0. The van der Waals surface area contributed by atoms with Crippen molar-refractivity contribution in [2.24, 2.45) is 0 Å². The summed E-state index contributed by atoms with van der Waals surface area (Å²) in [4.78, 5) is -0.0424. The molecule has 2 aromatic carbocycles. The van der Waals surface area contributed by atoms with Crippen LogP contribution in [0.25, 0.3) is 11.0 Å². The van der Waals surface area contributed by atoms with Crippen molar-refractivity contribution in [1.29, 1.82) is 0 Å². The normalized spacial score (nSPS) is 11.8. The highest BCUT2D eigenvalue weighted by molar-refractivity contribution is 7.90. The zero-order chi connectivity index (χ0) is 16.6. The number of nitrogens with zero attached hydrogens (tertiary/aromatic N) is 3. The van der Waals surface area contributed by atoms with E-state index in [2.05, 4.69) is 10.3 Å². The maximum atomic E-state index is 13.0. The van der Waals surface area contributed by atoms with Crippen molar-refractivity contribution in [2.75, 3.05) is 6.61 Å². The summed E-state index contributed by atoms with van der Waals surface area (Å²) in [7, 11) is -3.98. The van der Waals surface area contributed by atoms with Crippen LogP contribution in [0.3, 0.4) is 0 Å². The molecule has 6 nitrogen and oxygen atoms in total. The molecule has 0 spiro atoms. The lowest BCUT2D eigenvalue weighted by Gasteiger charge is -2.11. The second-order valence-electron chi connectivity index (χ2n) is 4.95. The first-order chi connectivity index (χ1) is 10.9. The van der Waals surface area contributed by atoms with Crippen molar-refractivity contribution in [1.82, 2.24) is 14.4 Å². The molecule has 0 fully saturated rings. The van der Waals surface area contributed by atoms with Gasteiger partial charge in [-0.2, -0.15) is 8.42 Å². The minimum absolute atomic E-state index is 0.0424. The smallest absolute Gasteiger partial charge is 0.288 e. The van der Waals surface area contributed by atoms with Gasteiger partial charge in [-0.1, -0.05) is 22.9 Å². The number of fused-ring (bicyclic) bond motifs is 1. The molecule has 0 aliphatic heterocycles. The van der Waals surface area contributed by atoms with Crippen LogP contribution in [0, 0.1) is 6.92 Å². The fourth-order valence-electron chi connectivity index (χ4n) is 2.24. The van der Waals surface area contributed by atoms with Crippen LogP contribution < -0.4 is 4.74 Å². The molecule has 0 amide bonds. The molecule has 0 aliphatic carbocycles. The van der Waals surface area contributed by atoms with Gasteiger partial charge >= 0.3 is 0 Å². The molecule has 1 heterocycles. The Kier molecular flexibility index (Phi) is 3.99. The predicted octanol–water partition coefficient (Wildman–Crippen LogP) is 3.03. The quantitative estimate of drug-likeness (QED) is 0.722. The Labute approximate surface area is 138 Å². The number of aromatic nitrogens is 3. The van der Waals surface area contributed by atoms with Gasteiger partial charge in [-0.25, -0.2) is 0 Å². The van der Waals surface area contributed by atoms with E-state index in [-0.39, 0.29) is 10.6 Å². The number of hydrogen-bond acceptors (Lipinski definition) is 5. The van der Waals surface area contributed by atoms with Crippen LogP contribution in [0.1, 0.15) is 12.5 Å². The monoisotopic (exact) mass is 351 g/mol. The van der Waals surface area contributed by atoms with Gasteiger partial charge in [0.2, 0.25) is 0 Å². The summed E-state index contributed by atoms with van der Waals surface area (Å²) in [6.45, 7) is 4.01. The Morgan fingerprint density at radius 1 is 1.22 bits per heavy atom. The van der Waals surface area contributed by atoms with Gasteiger partial charge in [0.25, 0.3) is 10.0 Å². The summed E-state index contributed by atoms with van der Waals surface area (Å²) in [5, 5.41) is 8.02. The first-order valence-corrected chi connectivity index (χ1v) is 8.75.